The van der Waals surface area contributed by atoms with E-state index in [1.807, 2.05) is 4.90 Å². The molecule has 4 rings (SSSR count). The van der Waals surface area contributed by atoms with E-state index in [1.54, 1.807) is 18.2 Å². The van der Waals surface area contributed by atoms with E-state index in [4.69, 9.17) is 0 Å². The third-order valence-corrected chi connectivity index (χ3v) is 6.61. The number of hydrogen-bond acceptors (Lipinski definition) is 6. The summed E-state index contributed by atoms with van der Waals surface area (Å²) in [7, 11) is 0. The summed E-state index contributed by atoms with van der Waals surface area (Å²) in [5.41, 5.74) is -0.508. The van der Waals surface area contributed by atoms with Crippen LogP contribution in [0.2, 0.25) is 0 Å². The van der Waals surface area contributed by atoms with Crippen molar-refractivity contribution in [2.45, 2.75) is 26.1 Å². The highest BCUT2D eigenvalue weighted by Gasteiger charge is 2.34. The minimum Gasteiger partial charge on any atom is -0.353 e. The van der Waals surface area contributed by atoms with Crippen molar-refractivity contribution in [1.82, 2.24) is 24.9 Å². The number of nitrogens with zero attached hydrogens (tertiary/aromatic N) is 6. The van der Waals surface area contributed by atoms with Gasteiger partial charge < -0.3 is 9.80 Å². The third kappa shape index (κ3) is 5.67. The summed E-state index contributed by atoms with van der Waals surface area (Å²) in [5, 5.41) is 8.27. The number of piperazine rings is 2. The molecule has 0 spiro atoms. The highest BCUT2D eigenvalue weighted by Crippen LogP contribution is 2.36. The van der Waals surface area contributed by atoms with Crippen LogP contribution in [0.4, 0.5) is 19.0 Å². The summed E-state index contributed by atoms with van der Waals surface area (Å²) in [6.07, 6.45) is -4.45. The van der Waals surface area contributed by atoms with Crippen LogP contribution in [0.1, 0.15) is 19.4 Å². The summed E-state index contributed by atoms with van der Waals surface area (Å²) in [5.74, 6) is 0.799. The van der Waals surface area contributed by atoms with Crippen molar-refractivity contribution < 1.29 is 18.0 Å². The van der Waals surface area contributed by atoms with Gasteiger partial charge in [-0.15, -0.1) is 10.2 Å². The van der Waals surface area contributed by atoms with E-state index in [0.29, 0.717) is 31.5 Å². The molecule has 1 aromatic carbocycles. The van der Waals surface area contributed by atoms with Crippen LogP contribution in [-0.2, 0) is 11.0 Å². The Balaban J connectivity index is 1.30. The number of amides is 1. The van der Waals surface area contributed by atoms with Crippen LogP contribution in [0.15, 0.2) is 36.4 Å². The zero-order valence-electron chi connectivity index (χ0n) is 19.6. The molecule has 2 saturated heterocycles. The standard InChI is InChI=1S/C24H31F3N6O/c1-18(2)31-13-15-33(16-14-31)23(34)17-30-9-11-32(12-10-30)22-8-7-21(28-29-22)19-5-3-4-6-20(19)24(25,26)27/h3-8,18H,9-17H2,1-2H3. The Hall–Kier alpha value is -2.72. The summed E-state index contributed by atoms with van der Waals surface area (Å²) < 4.78 is 39.9. The zero-order valence-corrected chi connectivity index (χ0v) is 19.6. The molecule has 184 valence electrons. The lowest BCUT2D eigenvalue weighted by atomic mass is 10.0. The van der Waals surface area contributed by atoms with E-state index in [-0.39, 0.29) is 17.2 Å². The number of hydrogen-bond donors (Lipinski definition) is 0. The Bertz CT molecular complexity index is 965. The molecule has 0 unspecified atom stereocenters. The fourth-order valence-electron chi connectivity index (χ4n) is 4.51. The van der Waals surface area contributed by atoms with Crippen LogP contribution in [0.5, 0.6) is 0 Å². The molecule has 0 bridgehead atoms. The van der Waals surface area contributed by atoms with Crippen molar-refractivity contribution in [2.24, 2.45) is 0 Å². The van der Waals surface area contributed by atoms with E-state index in [1.165, 1.54) is 12.1 Å². The van der Waals surface area contributed by atoms with Crippen molar-refractivity contribution in [3.05, 3.63) is 42.0 Å². The summed E-state index contributed by atoms with van der Waals surface area (Å²) in [4.78, 5) is 21.3. The van der Waals surface area contributed by atoms with Crippen molar-refractivity contribution in [1.29, 1.82) is 0 Å². The van der Waals surface area contributed by atoms with Crippen LogP contribution in [0, 0.1) is 0 Å². The highest BCUT2D eigenvalue weighted by atomic mass is 19.4. The van der Waals surface area contributed by atoms with Gasteiger partial charge in [-0.2, -0.15) is 13.2 Å². The number of carbonyl (C=O) groups excluding carboxylic acids is 1. The van der Waals surface area contributed by atoms with E-state index in [2.05, 4.69) is 38.7 Å². The molecule has 3 heterocycles. The maximum Gasteiger partial charge on any atom is 0.417 e. The number of benzene rings is 1. The fraction of sp³-hybridized carbons (Fsp3) is 0.542. The number of anilines is 1. The van der Waals surface area contributed by atoms with Crippen LogP contribution < -0.4 is 4.90 Å². The molecule has 2 fully saturated rings. The number of alkyl halides is 3. The van der Waals surface area contributed by atoms with Crippen molar-refractivity contribution >= 4 is 11.7 Å². The zero-order chi connectivity index (χ0) is 24.3. The van der Waals surface area contributed by atoms with Gasteiger partial charge in [-0.3, -0.25) is 14.6 Å². The number of aromatic nitrogens is 2. The van der Waals surface area contributed by atoms with Gasteiger partial charge in [0.25, 0.3) is 0 Å². The normalized spacial score (nSPS) is 18.5. The minimum atomic E-state index is -4.45. The first-order valence-corrected chi connectivity index (χ1v) is 11.7. The summed E-state index contributed by atoms with van der Waals surface area (Å²) >= 11 is 0. The molecule has 0 N–H and O–H groups in total. The summed E-state index contributed by atoms with van der Waals surface area (Å²) in [6.45, 7) is 10.9. The molecule has 1 aromatic heterocycles. The first kappa shape index (κ1) is 24.4. The average Bonchev–Trinajstić information content (AvgIpc) is 2.84. The van der Waals surface area contributed by atoms with Crippen LogP contribution in [-0.4, -0.2) is 95.7 Å². The highest BCUT2D eigenvalue weighted by molar-refractivity contribution is 5.78. The van der Waals surface area contributed by atoms with Gasteiger partial charge in [0.15, 0.2) is 5.82 Å². The smallest absolute Gasteiger partial charge is 0.353 e. The Morgan fingerprint density at radius 2 is 1.59 bits per heavy atom. The Morgan fingerprint density at radius 1 is 0.912 bits per heavy atom. The van der Waals surface area contributed by atoms with E-state index in [0.717, 1.165) is 45.3 Å². The SMILES string of the molecule is CC(C)N1CCN(C(=O)CN2CCN(c3ccc(-c4ccccc4C(F)(F)F)nn3)CC2)CC1. The van der Waals surface area contributed by atoms with Gasteiger partial charge in [0, 0.05) is 64.0 Å². The van der Waals surface area contributed by atoms with Gasteiger partial charge >= 0.3 is 6.18 Å². The quantitative estimate of drug-likeness (QED) is 0.662. The van der Waals surface area contributed by atoms with Gasteiger partial charge in [-0.05, 0) is 32.0 Å². The van der Waals surface area contributed by atoms with Gasteiger partial charge in [0.1, 0.15) is 0 Å². The van der Waals surface area contributed by atoms with E-state index < -0.39 is 11.7 Å². The molecule has 0 aliphatic carbocycles. The number of rotatable bonds is 5. The predicted octanol–water partition coefficient (Wildman–Crippen LogP) is 2.84. The molecule has 2 aliphatic heterocycles. The Labute approximate surface area is 198 Å². The topological polar surface area (TPSA) is 55.8 Å². The van der Waals surface area contributed by atoms with Crippen molar-refractivity contribution in [3.63, 3.8) is 0 Å². The lowest BCUT2D eigenvalue weighted by Gasteiger charge is -2.39. The van der Waals surface area contributed by atoms with Crippen LogP contribution in [0.3, 0.4) is 0 Å². The molecule has 0 saturated carbocycles. The lowest BCUT2D eigenvalue weighted by molar-refractivity contribution is -0.137. The molecule has 2 aromatic rings. The van der Waals surface area contributed by atoms with Crippen LogP contribution >= 0.6 is 0 Å². The second-order valence-corrected chi connectivity index (χ2v) is 9.09. The predicted molar refractivity (Wildman–Crippen MR) is 124 cm³/mol. The first-order chi connectivity index (χ1) is 16.2. The third-order valence-electron chi connectivity index (χ3n) is 6.61. The Kier molecular flexibility index (Phi) is 7.37. The van der Waals surface area contributed by atoms with Gasteiger partial charge in [-0.25, -0.2) is 0 Å². The van der Waals surface area contributed by atoms with E-state index in [9.17, 15) is 18.0 Å². The molecule has 34 heavy (non-hydrogen) atoms. The van der Waals surface area contributed by atoms with Crippen molar-refractivity contribution in [2.75, 3.05) is 63.8 Å². The maximum absolute atomic E-state index is 13.3. The second-order valence-electron chi connectivity index (χ2n) is 9.09. The molecule has 0 atom stereocenters. The first-order valence-electron chi connectivity index (χ1n) is 11.7. The summed E-state index contributed by atoms with van der Waals surface area (Å²) in [6, 6.07) is 9.18. The average molecular weight is 477 g/mol. The van der Waals surface area contributed by atoms with E-state index >= 15 is 0 Å². The molecule has 2 aliphatic rings. The van der Waals surface area contributed by atoms with Gasteiger partial charge in [0.05, 0.1) is 17.8 Å². The minimum absolute atomic E-state index is 0.0200. The molecule has 10 heteroatoms. The van der Waals surface area contributed by atoms with Gasteiger partial charge in [-0.1, -0.05) is 18.2 Å². The molecular formula is C24H31F3N6O. The molecule has 0 radical (unpaired) electrons. The molecule has 1 amide bonds. The lowest BCUT2D eigenvalue weighted by Crippen LogP contribution is -2.54. The number of carbonyl (C=O) groups is 1. The Morgan fingerprint density at radius 3 is 2.18 bits per heavy atom. The fourth-order valence-corrected chi connectivity index (χ4v) is 4.51. The number of halogens is 3. The van der Waals surface area contributed by atoms with Crippen LogP contribution in [0.25, 0.3) is 11.3 Å². The second kappa shape index (κ2) is 10.3. The maximum atomic E-state index is 13.3. The molecular weight excluding hydrogens is 445 g/mol. The van der Waals surface area contributed by atoms with Gasteiger partial charge in [0.2, 0.25) is 5.91 Å². The monoisotopic (exact) mass is 476 g/mol. The van der Waals surface area contributed by atoms with Crippen molar-refractivity contribution in [3.8, 4) is 11.3 Å². The largest absolute Gasteiger partial charge is 0.417 e. The molecule has 7 nitrogen and oxygen atoms in total.